The van der Waals surface area contributed by atoms with Gasteiger partial charge in [0.05, 0.1) is 29.6 Å². The zero-order valence-corrected chi connectivity index (χ0v) is 37.9. The molecule has 64 heavy (non-hydrogen) atoms. The van der Waals surface area contributed by atoms with Crippen molar-refractivity contribution in [3.63, 3.8) is 0 Å². The molecule has 19 heteroatoms. The van der Waals surface area contributed by atoms with Crippen LogP contribution in [0.3, 0.4) is 0 Å². The molecule has 2 saturated carbocycles. The largest absolute Gasteiger partial charge is 0.509 e. The van der Waals surface area contributed by atoms with E-state index in [1.807, 2.05) is 0 Å². The summed E-state index contributed by atoms with van der Waals surface area (Å²) in [6.07, 6.45) is -12.7. The number of ketones is 1. The van der Waals surface area contributed by atoms with Gasteiger partial charge in [0.1, 0.15) is 17.7 Å². The number of hydrogen-bond donors (Lipinski definition) is 3. The van der Waals surface area contributed by atoms with Crippen molar-refractivity contribution in [2.45, 2.75) is 141 Å². The van der Waals surface area contributed by atoms with Crippen LogP contribution in [0, 0.1) is 16.7 Å². The highest BCUT2D eigenvalue weighted by atomic mass is 32.1. The molecule has 18 nitrogen and oxygen atoms in total. The molecular weight excluding hydrogens is 859 g/mol. The number of hydrogen-bond acceptors (Lipinski definition) is 18. The minimum Gasteiger partial charge on any atom is -0.454 e. The summed E-state index contributed by atoms with van der Waals surface area (Å²) in [5, 5.41) is 28.6. The summed E-state index contributed by atoms with van der Waals surface area (Å²) < 4.78 is 48.5. The van der Waals surface area contributed by atoms with Crippen molar-refractivity contribution in [3.05, 3.63) is 69.4 Å². The number of carbonyl (C=O) groups excluding carboxylic acids is 7. The third-order valence-electron chi connectivity index (χ3n) is 13.3. The van der Waals surface area contributed by atoms with Crippen LogP contribution >= 0.6 is 11.3 Å². The molecule has 2 saturated heterocycles. The van der Waals surface area contributed by atoms with Gasteiger partial charge in [-0.15, -0.1) is 11.3 Å². The molecule has 1 aromatic heterocycles. The molecule has 2 aromatic rings. The molecule has 1 spiro atoms. The van der Waals surface area contributed by atoms with Gasteiger partial charge < -0.3 is 53.4 Å². The average molecular weight is 912 g/mol. The number of nitrogens with one attached hydrogen (secondary N) is 1. The predicted octanol–water partition coefficient (Wildman–Crippen LogP) is 4.44. The Kier molecular flexibility index (Phi) is 11.6. The summed E-state index contributed by atoms with van der Waals surface area (Å²) >= 11 is 1.11. The van der Waals surface area contributed by atoms with Crippen molar-refractivity contribution in [3.8, 4) is 0 Å². The number of alkyl carbamates (subject to hydrolysis) is 1. The van der Waals surface area contributed by atoms with Crippen molar-refractivity contribution in [2.75, 3.05) is 6.61 Å². The van der Waals surface area contributed by atoms with E-state index in [0.29, 0.717) is 4.88 Å². The first-order valence-corrected chi connectivity index (χ1v) is 21.7. The normalized spacial score (nSPS) is 33.9. The molecule has 3 aliphatic carbocycles. The number of Topliss-reactive ketones (excluding diaryl/α,β-unsaturated/α-hetero) is 1. The van der Waals surface area contributed by atoms with Gasteiger partial charge >= 0.3 is 36.1 Å². The van der Waals surface area contributed by atoms with Gasteiger partial charge in [-0.1, -0.05) is 38.1 Å². The number of benzene rings is 1. The van der Waals surface area contributed by atoms with Crippen molar-refractivity contribution >= 4 is 53.2 Å². The Morgan fingerprint density at radius 3 is 2.17 bits per heavy atom. The fraction of sp³-hybridized carbons (Fsp3) is 0.578. The average Bonchev–Trinajstić information content (AvgIpc) is 3.86. The lowest BCUT2D eigenvalue weighted by molar-refractivity contribution is -0.345. The van der Waals surface area contributed by atoms with E-state index in [2.05, 4.69) is 5.32 Å². The number of rotatable bonds is 9. The number of thiophene rings is 1. The van der Waals surface area contributed by atoms with E-state index in [0.717, 1.165) is 32.1 Å². The van der Waals surface area contributed by atoms with E-state index in [-0.39, 0.29) is 29.7 Å². The summed E-state index contributed by atoms with van der Waals surface area (Å²) in [6, 6.07) is 9.43. The van der Waals surface area contributed by atoms with Crippen LogP contribution in [0.25, 0.3) is 0 Å². The van der Waals surface area contributed by atoms with Gasteiger partial charge in [-0.05, 0) is 76.3 Å². The van der Waals surface area contributed by atoms with Crippen LogP contribution in [0.15, 0.2) is 59.0 Å². The second-order valence-electron chi connectivity index (χ2n) is 18.9. The first-order valence-electron chi connectivity index (χ1n) is 20.8. The lowest BCUT2D eigenvalue weighted by atomic mass is 9.44. The highest BCUT2D eigenvalue weighted by molar-refractivity contribution is 7.10. The Balaban J connectivity index is 1.48. The molecule has 4 fully saturated rings. The summed E-state index contributed by atoms with van der Waals surface area (Å²) in [5.41, 5.74) is -11.8. The van der Waals surface area contributed by atoms with Crippen LogP contribution in [-0.2, 0) is 57.1 Å². The van der Waals surface area contributed by atoms with Crippen LogP contribution in [0.4, 0.5) is 9.59 Å². The van der Waals surface area contributed by atoms with E-state index in [1.165, 1.54) is 39.8 Å². The molecule has 2 bridgehead atoms. The molecule has 1 amide bonds. The molecule has 2 aliphatic heterocycles. The van der Waals surface area contributed by atoms with Crippen LogP contribution in [0.2, 0.25) is 0 Å². The van der Waals surface area contributed by atoms with E-state index in [1.54, 1.807) is 56.5 Å². The van der Waals surface area contributed by atoms with Gasteiger partial charge in [0.15, 0.2) is 41.4 Å². The summed E-state index contributed by atoms with van der Waals surface area (Å²) in [7, 11) is 0. The third kappa shape index (κ3) is 7.24. The number of esters is 4. The summed E-state index contributed by atoms with van der Waals surface area (Å²) in [6.45, 7) is 13.7. The molecule has 7 rings (SSSR count). The van der Waals surface area contributed by atoms with Crippen molar-refractivity contribution in [2.24, 2.45) is 16.7 Å². The topological polar surface area (TPSA) is 246 Å². The summed E-state index contributed by atoms with van der Waals surface area (Å²) in [5.74, 6) is -6.68. The maximum Gasteiger partial charge on any atom is 0.509 e. The van der Waals surface area contributed by atoms with Crippen LogP contribution < -0.4 is 5.32 Å². The molecule has 1 aromatic carbocycles. The zero-order valence-electron chi connectivity index (χ0n) is 37.1. The lowest BCUT2D eigenvalue weighted by Gasteiger charge is -2.67. The smallest absolute Gasteiger partial charge is 0.454 e. The fourth-order valence-corrected chi connectivity index (χ4v) is 11.4. The van der Waals surface area contributed by atoms with Gasteiger partial charge in [0, 0.05) is 30.6 Å². The minimum absolute atomic E-state index is 0.0143. The number of carbonyl (C=O) groups is 7. The minimum atomic E-state index is -2.61. The fourth-order valence-electron chi connectivity index (χ4n) is 10.5. The Labute approximate surface area is 372 Å². The maximum atomic E-state index is 15.7. The third-order valence-corrected chi connectivity index (χ3v) is 14.3. The first-order chi connectivity index (χ1) is 29.7. The Hall–Kier alpha value is -5.37. The quantitative estimate of drug-likeness (QED) is 0.179. The molecule has 5 aliphatic rings. The van der Waals surface area contributed by atoms with Crippen molar-refractivity contribution in [1.29, 1.82) is 0 Å². The highest BCUT2D eigenvalue weighted by Gasteiger charge is 2.83. The Morgan fingerprint density at radius 1 is 0.938 bits per heavy atom. The molecule has 3 heterocycles. The number of fused-ring (bicyclic) bond motifs is 4. The van der Waals surface area contributed by atoms with Gasteiger partial charge in [0.2, 0.25) is 5.60 Å². The molecular formula is C45H53NO17S. The predicted molar refractivity (Wildman–Crippen MR) is 220 cm³/mol. The second kappa shape index (κ2) is 16.0. The monoisotopic (exact) mass is 911 g/mol. The van der Waals surface area contributed by atoms with E-state index in [4.69, 9.17) is 37.9 Å². The maximum absolute atomic E-state index is 15.7. The van der Waals surface area contributed by atoms with Gasteiger partial charge in [0.25, 0.3) is 0 Å². The highest BCUT2D eigenvalue weighted by Crippen LogP contribution is 2.67. The number of amides is 1. The van der Waals surface area contributed by atoms with Crippen LogP contribution in [-0.4, -0.2) is 118 Å². The molecule has 346 valence electrons. The van der Waals surface area contributed by atoms with Crippen LogP contribution in [0.5, 0.6) is 0 Å². The zero-order chi connectivity index (χ0) is 47.1. The summed E-state index contributed by atoms with van der Waals surface area (Å²) in [4.78, 5) is 98.7. The SMILES string of the molecule is CC(=O)O[C@H]1C(=O)[C@@]2(C)C(C(OC(=O)c3ccccc3)[C@]34OC(=O)OC3[C@H](OC(=O)[C@](C)(O)[C@H](NC(=O)OC(C)(C)C)c3cccs3)C(C)=C1C4(C)C)[C@]1(OC(C)=O)COC1C[C@@H]2O. The van der Waals surface area contributed by atoms with Gasteiger partial charge in [-0.3, -0.25) is 14.4 Å². The Bertz CT molecular complexity index is 2280. The molecule has 4 unspecified atom stereocenters. The van der Waals surface area contributed by atoms with E-state index in [9.17, 15) is 39.0 Å². The van der Waals surface area contributed by atoms with Crippen molar-refractivity contribution in [1.82, 2.24) is 5.32 Å². The van der Waals surface area contributed by atoms with E-state index < -0.39 is 124 Å². The Morgan fingerprint density at radius 2 is 1.61 bits per heavy atom. The second-order valence-corrected chi connectivity index (χ2v) is 19.9. The van der Waals surface area contributed by atoms with Crippen LogP contribution in [0.1, 0.15) is 96.9 Å². The first kappa shape index (κ1) is 46.6. The number of aliphatic hydroxyl groups excluding tert-OH is 1. The molecule has 3 N–H and O–H groups in total. The molecule has 0 radical (unpaired) electrons. The van der Waals surface area contributed by atoms with Crippen molar-refractivity contribution < 1.29 is 81.7 Å². The van der Waals surface area contributed by atoms with Gasteiger partial charge in [-0.2, -0.15) is 0 Å². The number of aliphatic hydroxyl groups is 2. The van der Waals surface area contributed by atoms with E-state index >= 15 is 4.79 Å². The van der Waals surface area contributed by atoms with Gasteiger partial charge in [-0.25, -0.2) is 19.2 Å². The number of ether oxygens (including phenoxy) is 8. The molecule has 12 atom stereocenters. The standard InChI is InChI=1S/C45H53NO17S/c1-21-28-30(57-22(2)47)33(50)42(9)26(49)19-27-44(20-56-27,61-23(3)48)31(42)35(59-36(51)24-15-12-11-13-16-24)45(41(28,7)8)34(60-39(54)63-45)29(21)58-37(52)43(10,55)32(25-17-14-18-64-25)46-38(53)62-40(4,5)6/h11-18,26-27,29-32,34-35,49,55H,19-20H2,1-10H3,(H,46,53)/t26-,27?,29+,30+,31?,32+,34?,35?,42+,43+,44-,45+/m0/s1. The lowest BCUT2D eigenvalue weighted by Crippen LogP contribution is -2.83.